The van der Waals surface area contributed by atoms with E-state index in [0.717, 1.165) is 26.2 Å². The predicted molar refractivity (Wildman–Crippen MR) is 73.3 cm³/mol. The summed E-state index contributed by atoms with van der Waals surface area (Å²) < 4.78 is 5.32. The van der Waals surface area contributed by atoms with Crippen LogP contribution < -0.4 is 5.43 Å². The molecule has 1 aliphatic heterocycles. The van der Waals surface area contributed by atoms with E-state index in [1.807, 2.05) is 6.07 Å². The maximum atomic E-state index is 5.32. The van der Waals surface area contributed by atoms with Gasteiger partial charge in [0, 0.05) is 33.3 Å². The lowest BCUT2D eigenvalue weighted by atomic mass is 10.1. The Kier molecular flexibility index (Phi) is 5.13. The summed E-state index contributed by atoms with van der Waals surface area (Å²) in [5.74, 6) is 0. The quantitative estimate of drug-likeness (QED) is 0.846. The number of nitrogens with zero attached hydrogens (tertiary/aromatic N) is 2. The predicted octanol–water partition coefficient (Wildman–Crippen LogP) is 1.13. The maximum Gasteiger partial charge on any atom is 0.0698 e. The van der Waals surface area contributed by atoms with E-state index in [0.29, 0.717) is 6.61 Å². The van der Waals surface area contributed by atoms with Gasteiger partial charge in [-0.3, -0.25) is 0 Å². The molecule has 100 valence electrons. The third-order valence-electron chi connectivity index (χ3n) is 3.38. The molecule has 4 heteroatoms. The Hall–Kier alpha value is -0.940. The fourth-order valence-electron chi connectivity index (χ4n) is 2.22. The summed E-state index contributed by atoms with van der Waals surface area (Å²) in [6.45, 7) is 5.03. The highest BCUT2D eigenvalue weighted by Crippen LogP contribution is 2.14. The maximum absolute atomic E-state index is 5.32. The van der Waals surface area contributed by atoms with Crippen molar-refractivity contribution in [2.45, 2.75) is 6.04 Å². The van der Waals surface area contributed by atoms with Crippen LogP contribution in [0, 0.1) is 0 Å². The lowest BCUT2D eigenvalue weighted by molar-refractivity contribution is 0.0600. The molecular formula is C14H23N3O. The number of hydrazine groups is 1. The fourth-order valence-corrected chi connectivity index (χ4v) is 2.22. The van der Waals surface area contributed by atoms with Crippen LogP contribution in [0.5, 0.6) is 0 Å². The minimum Gasteiger partial charge on any atom is -0.383 e. The van der Waals surface area contributed by atoms with Crippen molar-refractivity contribution in [1.29, 1.82) is 0 Å². The van der Waals surface area contributed by atoms with Crippen LogP contribution in [-0.4, -0.2) is 56.9 Å². The number of methoxy groups -OCH3 is 1. The van der Waals surface area contributed by atoms with E-state index in [9.17, 15) is 0 Å². The molecule has 1 N–H and O–H groups in total. The first kappa shape index (κ1) is 13.5. The van der Waals surface area contributed by atoms with Crippen LogP contribution in [0.3, 0.4) is 0 Å². The normalized spacial score (nSPS) is 19.9. The zero-order valence-electron chi connectivity index (χ0n) is 11.3. The van der Waals surface area contributed by atoms with E-state index in [1.54, 1.807) is 7.11 Å². The van der Waals surface area contributed by atoms with Crippen LogP contribution in [0.1, 0.15) is 11.6 Å². The second-order valence-corrected chi connectivity index (χ2v) is 4.84. The molecule has 1 aliphatic rings. The first-order valence-electron chi connectivity index (χ1n) is 6.53. The van der Waals surface area contributed by atoms with E-state index in [1.165, 1.54) is 5.56 Å². The van der Waals surface area contributed by atoms with E-state index >= 15 is 0 Å². The molecule has 1 heterocycles. The molecule has 0 saturated carbocycles. The van der Waals surface area contributed by atoms with Crippen LogP contribution >= 0.6 is 0 Å². The second-order valence-electron chi connectivity index (χ2n) is 4.84. The molecule has 0 radical (unpaired) electrons. The molecule has 0 spiro atoms. The molecule has 1 unspecified atom stereocenters. The molecule has 1 saturated heterocycles. The number of piperazine rings is 1. The molecule has 1 atom stereocenters. The van der Waals surface area contributed by atoms with Crippen molar-refractivity contribution in [1.82, 2.24) is 15.3 Å². The smallest absolute Gasteiger partial charge is 0.0698 e. The van der Waals surface area contributed by atoms with Gasteiger partial charge in [0.25, 0.3) is 0 Å². The molecule has 0 bridgehead atoms. The topological polar surface area (TPSA) is 27.7 Å². The summed E-state index contributed by atoms with van der Waals surface area (Å²) in [6, 6.07) is 10.7. The van der Waals surface area contributed by atoms with Gasteiger partial charge in [-0.2, -0.15) is 0 Å². The highest BCUT2D eigenvalue weighted by molar-refractivity contribution is 5.18. The van der Waals surface area contributed by atoms with Gasteiger partial charge in [-0.05, 0) is 12.6 Å². The summed E-state index contributed by atoms with van der Waals surface area (Å²) in [6.07, 6.45) is 0. The Labute approximate surface area is 109 Å². The number of rotatable bonds is 5. The van der Waals surface area contributed by atoms with Gasteiger partial charge in [0.1, 0.15) is 0 Å². The minimum absolute atomic E-state index is 0.236. The van der Waals surface area contributed by atoms with E-state index in [2.05, 4.69) is 46.6 Å². The summed E-state index contributed by atoms with van der Waals surface area (Å²) >= 11 is 0. The van der Waals surface area contributed by atoms with Gasteiger partial charge in [0.15, 0.2) is 0 Å². The molecule has 1 aromatic rings. The summed E-state index contributed by atoms with van der Waals surface area (Å²) in [5.41, 5.74) is 4.85. The SMILES string of the molecule is COCC(NN1CCN(C)CC1)c1ccccc1. The van der Waals surface area contributed by atoms with Crippen LogP contribution in [0.2, 0.25) is 0 Å². The zero-order chi connectivity index (χ0) is 12.8. The van der Waals surface area contributed by atoms with Crippen molar-refractivity contribution in [3.8, 4) is 0 Å². The zero-order valence-corrected chi connectivity index (χ0v) is 11.3. The molecule has 0 aliphatic carbocycles. The van der Waals surface area contributed by atoms with Gasteiger partial charge in [-0.1, -0.05) is 30.3 Å². The molecular weight excluding hydrogens is 226 g/mol. The van der Waals surface area contributed by atoms with Gasteiger partial charge in [-0.25, -0.2) is 10.4 Å². The fraction of sp³-hybridized carbons (Fsp3) is 0.571. The Balaban J connectivity index is 1.94. The van der Waals surface area contributed by atoms with Crippen LogP contribution in [0.25, 0.3) is 0 Å². The first-order chi connectivity index (χ1) is 8.79. The third-order valence-corrected chi connectivity index (χ3v) is 3.38. The van der Waals surface area contributed by atoms with Crippen molar-refractivity contribution in [2.75, 3.05) is 46.9 Å². The van der Waals surface area contributed by atoms with Crippen molar-refractivity contribution >= 4 is 0 Å². The average molecular weight is 249 g/mol. The lowest BCUT2D eigenvalue weighted by Crippen LogP contribution is -2.52. The Bertz CT molecular complexity index is 336. The lowest BCUT2D eigenvalue weighted by Gasteiger charge is -2.35. The van der Waals surface area contributed by atoms with Crippen LogP contribution in [0.15, 0.2) is 30.3 Å². The van der Waals surface area contributed by atoms with Gasteiger partial charge >= 0.3 is 0 Å². The Morgan fingerprint density at radius 3 is 2.44 bits per heavy atom. The Morgan fingerprint density at radius 2 is 1.83 bits per heavy atom. The van der Waals surface area contributed by atoms with E-state index in [-0.39, 0.29) is 6.04 Å². The van der Waals surface area contributed by atoms with Crippen molar-refractivity contribution in [3.05, 3.63) is 35.9 Å². The van der Waals surface area contributed by atoms with E-state index in [4.69, 9.17) is 4.74 Å². The second kappa shape index (κ2) is 6.85. The van der Waals surface area contributed by atoms with Gasteiger partial charge in [0.05, 0.1) is 12.6 Å². The summed E-state index contributed by atoms with van der Waals surface area (Å²) in [7, 11) is 3.92. The monoisotopic (exact) mass is 249 g/mol. The number of hydrogen-bond acceptors (Lipinski definition) is 4. The molecule has 0 aromatic heterocycles. The molecule has 18 heavy (non-hydrogen) atoms. The Morgan fingerprint density at radius 1 is 1.17 bits per heavy atom. The number of hydrogen-bond donors (Lipinski definition) is 1. The molecule has 1 fully saturated rings. The molecule has 4 nitrogen and oxygen atoms in total. The number of likely N-dealkylation sites (N-methyl/N-ethyl adjacent to an activating group) is 1. The number of benzene rings is 1. The average Bonchev–Trinajstić information content (AvgIpc) is 2.42. The molecule has 0 amide bonds. The molecule has 2 rings (SSSR count). The minimum atomic E-state index is 0.236. The van der Waals surface area contributed by atoms with Crippen molar-refractivity contribution < 1.29 is 4.74 Å². The van der Waals surface area contributed by atoms with Gasteiger partial charge < -0.3 is 9.64 Å². The highest BCUT2D eigenvalue weighted by Gasteiger charge is 2.18. The number of nitrogens with one attached hydrogen (secondary N) is 1. The number of ether oxygens (including phenoxy) is 1. The first-order valence-corrected chi connectivity index (χ1v) is 6.53. The van der Waals surface area contributed by atoms with Crippen LogP contribution in [-0.2, 0) is 4.74 Å². The standard InChI is InChI=1S/C14H23N3O/c1-16-8-10-17(11-9-16)15-14(12-18-2)13-6-4-3-5-7-13/h3-7,14-15H,8-12H2,1-2H3. The van der Waals surface area contributed by atoms with Gasteiger partial charge in [-0.15, -0.1) is 0 Å². The molecule has 1 aromatic carbocycles. The van der Waals surface area contributed by atoms with Gasteiger partial charge in [0.2, 0.25) is 0 Å². The van der Waals surface area contributed by atoms with Crippen molar-refractivity contribution in [2.24, 2.45) is 0 Å². The van der Waals surface area contributed by atoms with E-state index < -0.39 is 0 Å². The largest absolute Gasteiger partial charge is 0.383 e. The summed E-state index contributed by atoms with van der Waals surface area (Å²) in [4.78, 5) is 2.35. The van der Waals surface area contributed by atoms with Crippen molar-refractivity contribution in [3.63, 3.8) is 0 Å². The van der Waals surface area contributed by atoms with Crippen LogP contribution in [0.4, 0.5) is 0 Å². The summed E-state index contributed by atoms with van der Waals surface area (Å²) in [5, 5.41) is 2.30. The highest BCUT2D eigenvalue weighted by atomic mass is 16.5. The third kappa shape index (κ3) is 3.78.